The smallest absolute Gasteiger partial charge is 0.0118 e. The van der Waals surface area contributed by atoms with Gasteiger partial charge in [0.05, 0.1) is 0 Å². The van der Waals surface area contributed by atoms with Gasteiger partial charge in [-0.05, 0) is 43.6 Å². The van der Waals surface area contributed by atoms with Crippen LogP contribution in [0.25, 0.3) is 0 Å². The van der Waals surface area contributed by atoms with Crippen molar-refractivity contribution in [1.82, 2.24) is 5.32 Å². The second kappa shape index (κ2) is 6.05. The summed E-state index contributed by atoms with van der Waals surface area (Å²) in [5.41, 5.74) is 0. The minimum absolute atomic E-state index is 0.801. The van der Waals surface area contributed by atoms with E-state index in [0.717, 1.165) is 23.8 Å². The predicted molar refractivity (Wildman–Crippen MR) is 70.5 cm³/mol. The molecule has 2 rings (SSSR count). The molecule has 0 saturated heterocycles. The van der Waals surface area contributed by atoms with Gasteiger partial charge in [-0.3, -0.25) is 0 Å². The maximum Gasteiger partial charge on any atom is 0.0118 e. The van der Waals surface area contributed by atoms with Crippen LogP contribution in [-0.4, -0.2) is 12.6 Å². The van der Waals surface area contributed by atoms with Crippen molar-refractivity contribution in [3.8, 4) is 0 Å². The molecule has 0 bridgehead atoms. The van der Waals surface area contributed by atoms with Crippen LogP contribution in [-0.2, 0) is 0 Å². The molecular formula is C15H29N. The van der Waals surface area contributed by atoms with Crippen LogP contribution in [0.3, 0.4) is 0 Å². The Morgan fingerprint density at radius 1 is 0.875 bits per heavy atom. The van der Waals surface area contributed by atoms with Gasteiger partial charge in [0.1, 0.15) is 0 Å². The highest BCUT2D eigenvalue weighted by atomic mass is 14.9. The van der Waals surface area contributed by atoms with E-state index in [1.54, 1.807) is 0 Å². The van der Waals surface area contributed by atoms with E-state index in [2.05, 4.69) is 19.2 Å². The Bertz CT molecular complexity index is 186. The molecule has 2 atom stereocenters. The normalized spacial score (nSPS) is 36.8. The third-order valence-electron chi connectivity index (χ3n) is 4.95. The summed E-state index contributed by atoms with van der Waals surface area (Å²) in [6, 6.07) is 0.801. The Morgan fingerprint density at radius 2 is 1.50 bits per heavy atom. The van der Waals surface area contributed by atoms with Gasteiger partial charge in [0.2, 0.25) is 0 Å². The molecule has 2 aliphatic carbocycles. The minimum Gasteiger partial charge on any atom is -0.313 e. The average molecular weight is 223 g/mol. The second-order valence-electron chi connectivity index (χ2n) is 6.30. The molecule has 1 nitrogen and oxygen atoms in total. The third kappa shape index (κ3) is 3.23. The molecule has 2 fully saturated rings. The minimum atomic E-state index is 0.801. The Balaban J connectivity index is 1.67. The van der Waals surface area contributed by atoms with Gasteiger partial charge in [-0.25, -0.2) is 0 Å². The monoisotopic (exact) mass is 223 g/mol. The van der Waals surface area contributed by atoms with Gasteiger partial charge in [0, 0.05) is 6.04 Å². The standard InChI is InChI=1S/C15H29N/c1-12-6-5-7-13(2)15(12)16-11-10-14-8-3-4-9-14/h12-16H,3-11H2,1-2H3. The first kappa shape index (κ1) is 12.4. The Morgan fingerprint density at radius 3 is 2.12 bits per heavy atom. The van der Waals surface area contributed by atoms with Crippen LogP contribution in [0.2, 0.25) is 0 Å². The van der Waals surface area contributed by atoms with Crippen molar-refractivity contribution in [3.05, 3.63) is 0 Å². The third-order valence-corrected chi connectivity index (χ3v) is 4.95. The molecule has 0 heterocycles. The summed E-state index contributed by atoms with van der Waals surface area (Å²) in [5.74, 6) is 2.83. The van der Waals surface area contributed by atoms with Crippen LogP contribution in [0.1, 0.15) is 65.2 Å². The Kier molecular flexibility index (Phi) is 4.69. The summed E-state index contributed by atoms with van der Waals surface area (Å²) in [6.07, 6.45) is 11.7. The lowest BCUT2D eigenvalue weighted by atomic mass is 9.78. The summed E-state index contributed by atoms with van der Waals surface area (Å²) in [4.78, 5) is 0. The van der Waals surface area contributed by atoms with Crippen molar-refractivity contribution < 1.29 is 0 Å². The maximum absolute atomic E-state index is 3.85. The van der Waals surface area contributed by atoms with E-state index in [9.17, 15) is 0 Å². The summed E-state index contributed by atoms with van der Waals surface area (Å²) < 4.78 is 0. The zero-order valence-corrected chi connectivity index (χ0v) is 11.2. The van der Waals surface area contributed by atoms with Gasteiger partial charge in [-0.2, -0.15) is 0 Å². The number of hydrogen-bond donors (Lipinski definition) is 1. The van der Waals surface area contributed by atoms with E-state index >= 15 is 0 Å². The number of rotatable bonds is 4. The molecule has 2 saturated carbocycles. The van der Waals surface area contributed by atoms with Gasteiger partial charge < -0.3 is 5.32 Å². The molecule has 2 unspecified atom stereocenters. The van der Waals surface area contributed by atoms with Crippen molar-refractivity contribution in [2.24, 2.45) is 17.8 Å². The first-order valence-electron chi connectivity index (χ1n) is 7.50. The summed E-state index contributed by atoms with van der Waals surface area (Å²) >= 11 is 0. The Labute approximate surface area is 101 Å². The lowest BCUT2D eigenvalue weighted by Gasteiger charge is -2.35. The van der Waals surface area contributed by atoms with E-state index in [1.165, 1.54) is 57.9 Å². The quantitative estimate of drug-likeness (QED) is 0.760. The van der Waals surface area contributed by atoms with E-state index in [4.69, 9.17) is 0 Å². The lowest BCUT2D eigenvalue weighted by molar-refractivity contribution is 0.206. The van der Waals surface area contributed by atoms with Crippen LogP contribution in [0, 0.1) is 17.8 Å². The fourth-order valence-electron chi connectivity index (χ4n) is 3.84. The number of nitrogens with one attached hydrogen (secondary N) is 1. The van der Waals surface area contributed by atoms with Crippen molar-refractivity contribution in [1.29, 1.82) is 0 Å². The van der Waals surface area contributed by atoms with Crippen LogP contribution in [0.4, 0.5) is 0 Å². The average Bonchev–Trinajstić information content (AvgIpc) is 2.75. The predicted octanol–water partition coefficient (Wildman–Crippen LogP) is 3.98. The van der Waals surface area contributed by atoms with Crippen molar-refractivity contribution >= 4 is 0 Å². The van der Waals surface area contributed by atoms with Gasteiger partial charge in [-0.1, -0.05) is 46.0 Å². The zero-order chi connectivity index (χ0) is 11.4. The van der Waals surface area contributed by atoms with E-state index in [-0.39, 0.29) is 0 Å². The van der Waals surface area contributed by atoms with Gasteiger partial charge in [-0.15, -0.1) is 0 Å². The molecule has 0 aromatic heterocycles. The SMILES string of the molecule is CC1CCCC(C)C1NCCC1CCCC1. The molecule has 0 spiro atoms. The molecule has 16 heavy (non-hydrogen) atoms. The molecule has 1 heteroatoms. The van der Waals surface area contributed by atoms with Crippen LogP contribution in [0.5, 0.6) is 0 Å². The molecule has 0 aliphatic heterocycles. The highest BCUT2D eigenvalue weighted by Crippen LogP contribution is 2.30. The Hall–Kier alpha value is -0.0400. The summed E-state index contributed by atoms with van der Waals surface area (Å²) in [5, 5.41) is 3.85. The van der Waals surface area contributed by atoms with Crippen molar-refractivity contribution in [2.75, 3.05) is 6.54 Å². The van der Waals surface area contributed by atoms with Crippen molar-refractivity contribution in [2.45, 2.75) is 71.3 Å². The van der Waals surface area contributed by atoms with E-state index < -0.39 is 0 Å². The molecule has 0 radical (unpaired) electrons. The molecule has 1 N–H and O–H groups in total. The first-order chi connectivity index (χ1) is 7.77. The molecular weight excluding hydrogens is 194 g/mol. The lowest BCUT2D eigenvalue weighted by Crippen LogP contribution is -2.43. The summed E-state index contributed by atoms with van der Waals surface area (Å²) in [7, 11) is 0. The topological polar surface area (TPSA) is 12.0 Å². The highest BCUT2D eigenvalue weighted by Gasteiger charge is 2.27. The molecule has 0 aromatic rings. The first-order valence-corrected chi connectivity index (χ1v) is 7.50. The second-order valence-corrected chi connectivity index (χ2v) is 6.30. The van der Waals surface area contributed by atoms with Gasteiger partial charge in [0.15, 0.2) is 0 Å². The van der Waals surface area contributed by atoms with Crippen LogP contribution >= 0.6 is 0 Å². The highest BCUT2D eigenvalue weighted by molar-refractivity contribution is 4.83. The summed E-state index contributed by atoms with van der Waals surface area (Å²) in [6.45, 7) is 6.13. The fraction of sp³-hybridized carbons (Fsp3) is 1.00. The van der Waals surface area contributed by atoms with Gasteiger partial charge in [0.25, 0.3) is 0 Å². The molecule has 2 aliphatic rings. The molecule has 0 aromatic carbocycles. The fourth-order valence-corrected chi connectivity index (χ4v) is 3.84. The van der Waals surface area contributed by atoms with E-state index in [1.807, 2.05) is 0 Å². The van der Waals surface area contributed by atoms with E-state index in [0.29, 0.717) is 0 Å². The van der Waals surface area contributed by atoms with Crippen LogP contribution < -0.4 is 5.32 Å². The van der Waals surface area contributed by atoms with Crippen molar-refractivity contribution in [3.63, 3.8) is 0 Å². The molecule has 94 valence electrons. The number of hydrogen-bond acceptors (Lipinski definition) is 1. The van der Waals surface area contributed by atoms with Crippen LogP contribution in [0.15, 0.2) is 0 Å². The largest absolute Gasteiger partial charge is 0.313 e. The zero-order valence-electron chi connectivity index (χ0n) is 11.2. The van der Waals surface area contributed by atoms with Gasteiger partial charge >= 0.3 is 0 Å². The molecule has 0 amide bonds. The maximum atomic E-state index is 3.85.